The SMILES string of the molecule is CN=C(NCCN1C(=O)CCCC1=O)NCC1(c2cccc(Br)c2)CC1.I. The molecule has 1 aliphatic heterocycles. The largest absolute Gasteiger partial charge is 0.356 e. The number of rotatable bonds is 6. The van der Waals surface area contributed by atoms with Crippen LogP contribution in [0.3, 0.4) is 0 Å². The molecule has 8 heteroatoms. The second-order valence-electron chi connectivity index (χ2n) is 6.94. The van der Waals surface area contributed by atoms with Crippen LogP contribution in [0.1, 0.15) is 37.7 Å². The van der Waals surface area contributed by atoms with Gasteiger partial charge < -0.3 is 10.6 Å². The molecule has 27 heavy (non-hydrogen) atoms. The normalized spacial score (nSPS) is 18.7. The number of hydrogen-bond donors (Lipinski definition) is 2. The van der Waals surface area contributed by atoms with Crippen molar-refractivity contribution in [3.8, 4) is 0 Å². The van der Waals surface area contributed by atoms with E-state index in [1.165, 1.54) is 10.5 Å². The molecule has 1 heterocycles. The summed E-state index contributed by atoms with van der Waals surface area (Å²) >= 11 is 3.54. The van der Waals surface area contributed by atoms with Crippen LogP contribution in [0.15, 0.2) is 33.7 Å². The van der Waals surface area contributed by atoms with Crippen molar-refractivity contribution in [3.05, 3.63) is 34.3 Å². The lowest BCUT2D eigenvalue weighted by molar-refractivity contribution is -0.147. The van der Waals surface area contributed by atoms with Crippen LogP contribution in [0.4, 0.5) is 0 Å². The molecule has 0 bridgehead atoms. The lowest BCUT2D eigenvalue weighted by atomic mass is 9.96. The monoisotopic (exact) mass is 548 g/mol. The van der Waals surface area contributed by atoms with Gasteiger partial charge in [0.25, 0.3) is 0 Å². The van der Waals surface area contributed by atoms with Gasteiger partial charge in [0, 0.05) is 49.4 Å². The number of aliphatic imine (C=N–C) groups is 1. The van der Waals surface area contributed by atoms with E-state index in [0.717, 1.165) is 23.9 Å². The van der Waals surface area contributed by atoms with Gasteiger partial charge in [-0.2, -0.15) is 0 Å². The number of imide groups is 1. The predicted octanol–water partition coefficient (Wildman–Crippen LogP) is 2.80. The van der Waals surface area contributed by atoms with E-state index in [4.69, 9.17) is 0 Å². The Morgan fingerprint density at radius 2 is 1.93 bits per heavy atom. The predicted molar refractivity (Wildman–Crippen MR) is 120 cm³/mol. The van der Waals surface area contributed by atoms with Crippen molar-refractivity contribution in [2.75, 3.05) is 26.7 Å². The third kappa shape index (κ3) is 5.66. The lowest BCUT2D eigenvalue weighted by Gasteiger charge is -2.25. The smallest absolute Gasteiger partial charge is 0.229 e. The maximum atomic E-state index is 11.8. The van der Waals surface area contributed by atoms with Crippen LogP contribution >= 0.6 is 39.9 Å². The first-order valence-electron chi connectivity index (χ1n) is 9.08. The Hall–Kier alpha value is -1.16. The van der Waals surface area contributed by atoms with Crippen LogP contribution in [0, 0.1) is 0 Å². The van der Waals surface area contributed by atoms with E-state index < -0.39 is 0 Å². The molecule has 6 nitrogen and oxygen atoms in total. The molecule has 2 amide bonds. The lowest BCUT2D eigenvalue weighted by Crippen LogP contribution is -2.47. The summed E-state index contributed by atoms with van der Waals surface area (Å²) in [6.07, 6.45) is 3.92. The fourth-order valence-electron chi connectivity index (χ4n) is 3.35. The molecule has 2 N–H and O–H groups in total. The molecule has 1 aliphatic carbocycles. The fraction of sp³-hybridized carbons (Fsp3) is 0.526. The Bertz CT molecular complexity index is 705. The first-order chi connectivity index (χ1) is 12.5. The molecule has 148 valence electrons. The first kappa shape index (κ1) is 22.1. The summed E-state index contributed by atoms with van der Waals surface area (Å²) in [4.78, 5) is 29.3. The summed E-state index contributed by atoms with van der Waals surface area (Å²) < 4.78 is 1.10. The number of nitrogens with one attached hydrogen (secondary N) is 2. The zero-order valence-corrected chi connectivity index (χ0v) is 19.4. The number of benzene rings is 1. The van der Waals surface area contributed by atoms with Gasteiger partial charge in [-0.05, 0) is 37.0 Å². The van der Waals surface area contributed by atoms with Crippen molar-refractivity contribution in [1.29, 1.82) is 0 Å². The summed E-state index contributed by atoms with van der Waals surface area (Å²) in [7, 11) is 1.73. The number of halogens is 2. The summed E-state index contributed by atoms with van der Waals surface area (Å²) in [5.41, 5.74) is 1.50. The molecule has 2 fully saturated rings. The summed E-state index contributed by atoms with van der Waals surface area (Å²) in [6.45, 7) is 1.70. The number of piperidine rings is 1. The van der Waals surface area contributed by atoms with Gasteiger partial charge in [-0.25, -0.2) is 0 Å². The van der Waals surface area contributed by atoms with Gasteiger partial charge in [0.15, 0.2) is 5.96 Å². The first-order valence-corrected chi connectivity index (χ1v) is 9.87. The molecule has 2 aliphatic rings. The standard InChI is InChI=1S/C19H25BrN4O2.HI/c1-21-18(22-10-11-24-16(25)6-3-7-17(24)26)23-13-19(8-9-19)14-4-2-5-15(20)12-14;/h2,4-5,12H,3,6-11,13H2,1H3,(H2,21,22,23);1H. The molecule has 0 spiro atoms. The van der Waals surface area contributed by atoms with Crippen molar-refractivity contribution in [2.45, 2.75) is 37.5 Å². The Balaban J connectivity index is 0.00000261. The number of carbonyl (C=O) groups is 2. The molecule has 3 rings (SSSR count). The Kier molecular flexibility index (Phi) is 8.08. The molecule has 1 saturated carbocycles. The minimum atomic E-state index is -0.0717. The van der Waals surface area contributed by atoms with Crippen molar-refractivity contribution in [3.63, 3.8) is 0 Å². The number of guanidine groups is 1. The van der Waals surface area contributed by atoms with Crippen molar-refractivity contribution < 1.29 is 9.59 Å². The molecule has 1 saturated heterocycles. The zero-order chi connectivity index (χ0) is 18.6. The molecule has 1 aromatic rings. The third-order valence-corrected chi connectivity index (χ3v) is 5.61. The highest BCUT2D eigenvalue weighted by Crippen LogP contribution is 2.48. The summed E-state index contributed by atoms with van der Waals surface area (Å²) in [6, 6.07) is 8.46. The summed E-state index contributed by atoms with van der Waals surface area (Å²) in [5, 5.41) is 6.59. The van der Waals surface area contributed by atoms with E-state index in [2.05, 4.69) is 49.8 Å². The van der Waals surface area contributed by atoms with Crippen molar-refractivity contribution in [1.82, 2.24) is 15.5 Å². The number of carbonyl (C=O) groups excluding carboxylic acids is 2. The molecular formula is C19H26BrIN4O2. The minimum absolute atomic E-state index is 0. The highest BCUT2D eigenvalue weighted by atomic mass is 127. The van der Waals surface area contributed by atoms with Crippen LogP contribution in [-0.2, 0) is 15.0 Å². The molecular weight excluding hydrogens is 523 g/mol. The quantitative estimate of drug-likeness (QED) is 0.248. The van der Waals surface area contributed by atoms with E-state index in [1.54, 1.807) is 7.05 Å². The average molecular weight is 549 g/mol. The molecule has 0 atom stereocenters. The maximum absolute atomic E-state index is 11.8. The highest BCUT2D eigenvalue weighted by Gasteiger charge is 2.44. The van der Waals surface area contributed by atoms with E-state index in [-0.39, 0.29) is 41.2 Å². The molecule has 0 aromatic heterocycles. The summed E-state index contributed by atoms with van der Waals surface area (Å²) in [5.74, 6) is 0.554. The van der Waals surface area contributed by atoms with Crippen LogP contribution in [0.5, 0.6) is 0 Å². The van der Waals surface area contributed by atoms with E-state index in [1.807, 2.05) is 6.07 Å². The van der Waals surface area contributed by atoms with E-state index >= 15 is 0 Å². The van der Waals surface area contributed by atoms with E-state index in [0.29, 0.717) is 38.3 Å². The van der Waals surface area contributed by atoms with Gasteiger partial charge in [0.2, 0.25) is 11.8 Å². The number of amides is 2. The van der Waals surface area contributed by atoms with Crippen molar-refractivity contribution in [2.24, 2.45) is 4.99 Å². The second kappa shape index (κ2) is 9.86. The molecule has 1 aromatic carbocycles. The van der Waals surface area contributed by atoms with Gasteiger partial charge in [-0.3, -0.25) is 19.5 Å². The Morgan fingerprint density at radius 3 is 2.52 bits per heavy atom. The number of likely N-dealkylation sites (tertiary alicyclic amines) is 1. The average Bonchev–Trinajstić information content (AvgIpc) is 3.41. The van der Waals surface area contributed by atoms with Gasteiger partial charge in [-0.1, -0.05) is 28.1 Å². The number of hydrogen-bond acceptors (Lipinski definition) is 3. The maximum Gasteiger partial charge on any atom is 0.229 e. The van der Waals surface area contributed by atoms with E-state index in [9.17, 15) is 9.59 Å². The second-order valence-corrected chi connectivity index (χ2v) is 7.85. The number of nitrogens with zero attached hydrogens (tertiary/aromatic N) is 2. The zero-order valence-electron chi connectivity index (χ0n) is 15.5. The Morgan fingerprint density at radius 1 is 1.22 bits per heavy atom. The minimum Gasteiger partial charge on any atom is -0.356 e. The van der Waals surface area contributed by atoms with Crippen LogP contribution < -0.4 is 10.6 Å². The van der Waals surface area contributed by atoms with Crippen LogP contribution in [0.2, 0.25) is 0 Å². The van der Waals surface area contributed by atoms with Crippen LogP contribution in [-0.4, -0.2) is 49.4 Å². The van der Waals surface area contributed by atoms with Gasteiger partial charge in [-0.15, -0.1) is 24.0 Å². The fourth-order valence-corrected chi connectivity index (χ4v) is 3.74. The van der Waals surface area contributed by atoms with Gasteiger partial charge in [0.05, 0.1) is 0 Å². The van der Waals surface area contributed by atoms with Crippen molar-refractivity contribution >= 4 is 57.7 Å². The van der Waals surface area contributed by atoms with Crippen LogP contribution in [0.25, 0.3) is 0 Å². The molecule has 0 unspecified atom stereocenters. The highest BCUT2D eigenvalue weighted by molar-refractivity contribution is 14.0. The molecule has 0 radical (unpaired) electrons. The topological polar surface area (TPSA) is 73.8 Å². The third-order valence-electron chi connectivity index (χ3n) is 5.12. The van der Waals surface area contributed by atoms with Gasteiger partial charge in [0.1, 0.15) is 0 Å². The van der Waals surface area contributed by atoms with Gasteiger partial charge >= 0.3 is 0 Å². The Labute approximate surface area is 185 Å².